The molecule has 3 amide bonds. The van der Waals surface area contributed by atoms with E-state index >= 15 is 0 Å². The number of amides is 3. The van der Waals surface area contributed by atoms with Crippen LogP contribution in [0.4, 0.5) is 4.79 Å². The van der Waals surface area contributed by atoms with Crippen molar-refractivity contribution in [1.29, 1.82) is 0 Å². The highest BCUT2D eigenvalue weighted by molar-refractivity contribution is 6.07. The molecule has 23 heavy (non-hydrogen) atoms. The maximum Gasteiger partial charge on any atom is 0.325 e. The summed E-state index contributed by atoms with van der Waals surface area (Å²) < 4.78 is 0. The molecule has 2 aliphatic heterocycles. The second-order valence-corrected chi connectivity index (χ2v) is 6.52. The first-order valence-corrected chi connectivity index (χ1v) is 8.57. The quantitative estimate of drug-likeness (QED) is 0.520. The van der Waals surface area contributed by atoms with Crippen LogP contribution in [0.25, 0.3) is 0 Å². The number of carboxylic acids is 1. The van der Waals surface area contributed by atoms with Gasteiger partial charge in [0.15, 0.2) is 0 Å². The molecule has 0 aromatic heterocycles. The molecular formula is C16H27N3O4. The van der Waals surface area contributed by atoms with Crippen LogP contribution in [0.3, 0.4) is 0 Å². The summed E-state index contributed by atoms with van der Waals surface area (Å²) in [5.41, 5.74) is -0.730. The Labute approximate surface area is 137 Å². The molecule has 2 fully saturated rings. The molecule has 0 bridgehead atoms. The molecule has 2 aliphatic rings. The van der Waals surface area contributed by atoms with E-state index in [1.807, 2.05) is 0 Å². The van der Waals surface area contributed by atoms with Crippen LogP contribution in [0.2, 0.25) is 0 Å². The van der Waals surface area contributed by atoms with E-state index in [9.17, 15) is 14.4 Å². The third kappa shape index (κ3) is 4.22. The van der Waals surface area contributed by atoms with Gasteiger partial charge in [-0.15, -0.1) is 0 Å². The molecule has 0 aromatic carbocycles. The zero-order valence-corrected chi connectivity index (χ0v) is 13.8. The summed E-state index contributed by atoms with van der Waals surface area (Å²) >= 11 is 0. The third-order valence-electron chi connectivity index (χ3n) is 4.81. The normalized spacial score (nSPS) is 21.0. The highest BCUT2D eigenvalue weighted by atomic mass is 16.4. The van der Waals surface area contributed by atoms with Crippen LogP contribution in [-0.4, -0.2) is 64.5 Å². The number of rotatable bonds is 8. The van der Waals surface area contributed by atoms with Crippen molar-refractivity contribution in [2.24, 2.45) is 0 Å². The minimum absolute atomic E-state index is 0.0706. The fourth-order valence-corrected chi connectivity index (χ4v) is 3.30. The first kappa shape index (κ1) is 17.7. The van der Waals surface area contributed by atoms with Crippen LogP contribution < -0.4 is 5.32 Å². The number of hydrogen-bond donors (Lipinski definition) is 2. The molecule has 2 saturated heterocycles. The summed E-state index contributed by atoms with van der Waals surface area (Å²) in [7, 11) is 0. The number of nitrogens with zero attached hydrogens (tertiary/aromatic N) is 2. The van der Waals surface area contributed by atoms with E-state index < -0.39 is 11.5 Å². The number of carbonyl (C=O) groups excluding carboxylic acids is 2. The number of hydrogen-bond acceptors (Lipinski definition) is 4. The average Bonchev–Trinajstić information content (AvgIpc) is 2.74. The van der Waals surface area contributed by atoms with Gasteiger partial charge in [-0.05, 0) is 38.6 Å². The van der Waals surface area contributed by atoms with Crippen molar-refractivity contribution in [2.45, 2.75) is 57.4 Å². The lowest BCUT2D eigenvalue weighted by Crippen LogP contribution is -2.55. The Hall–Kier alpha value is -1.63. The van der Waals surface area contributed by atoms with Gasteiger partial charge in [0.25, 0.3) is 5.91 Å². The zero-order valence-electron chi connectivity index (χ0n) is 13.8. The van der Waals surface area contributed by atoms with Gasteiger partial charge >= 0.3 is 12.0 Å². The van der Waals surface area contributed by atoms with Crippen molar-refractivity contribution in [3.8, 4) is 0 Å². The van der Waals surface area contributed by atoms with Crippen molar-refractivity contribution < 1.29 is 19.5 Å². The number of imide groups is 1. The Kier molecular flexibility index (Phi) is 5.98. The molecule has 0 atom stereocenters. The Bertz CT molecular complexity index is 458. The van der Waals surface area contributed by atoms with Crippen molar-refractivity contribution >= 4 is 17.9 Å². The molecule has 1 spiro atoms. The number of likely N-dealkylation sites (tertiary alicyclic amines) is 1. The summed E-state index contributed by atoms with van der Waals surface area (Å²) in [6.45, 7) is 5.18. The van der Waals surface area contributed by atoms with Gasteiger partial charge in [0, 0.05) is 26.1 Å². The molecular weight excluding hydrogens is 298 g/mol. The molecule has 0 aliphatic carbocycles. The van der Waals surface area contributed by atoms with Crippen LogP contribution in [0.1, 0.15) is 51.9 Å². The van der Waals surface area contributed by atoms with Gasteiger partial charge in [0.05, 0.1) is 0 Å². The van der Waals surface area contributed by atoms with Crippen molar-refractivity contribution in [3.05, 3.63) is 0 Å². The van der Waals surface area contributed by atoms with Gasteiger partial charge in [-0.1, -0.05) is 13.3 Å². The number of urea groups is 1. The smallest absolute Gasteiger partial charge is 0.325 e. The van der Waals surface area contributed by atoms with E-state index in [0.717, 1.165) is 32.5 Å². The van der Waals surface area contributed by atoms with Gasteiger partial charge in [0.1, 0.15) is 5.54 Å². The third-order valence-corrected chi connectivity index (χ3v) is 4.81. The van der Waals surface area contributed by atoms with Gasteiger partial charge in [-0.25, -0.2) is 4.79 Å². The predicted molar refractivity (Wildman–Crippen MR) is 85.0 cm³/mol. The van der Waals surface area contributed by atoms with Gasteiger partial charge in [-0.3, -0.25) is 14.5 Å². The lowest BCUT2D eigenvalue weighted by atomic mass is 9.87. The summed E-state index contributed by atoms with van der Waals surface area (Å²) in [5.74, 6) is -0.980. The molecule has 2 rings (SSSR count). The minimum Gasteiger partial charge on any atom is -0.481 e. The average molecular weight is 325 g/mol. The topological polar surface area (TPSA) is 90.0 Å². The van der Waals surface area contributed by atoms with Crippen LogP contribution in [-0.2, 0) is 9.59 Å². The Balaban J connectivity index is 1.84. The maximum absolute atomic E-state index is 12.6. The lowest BCUT2D eigenvalue weighted by molar-refractivity contribution is -0.137. The molecule has 2 N–H and O–H groups in total. The highest BCUT2D eigenvalue weighted by Crippen LogP contribution is 2.29. The Morgan fingerprint density at radius 1 is 1.17 bits per heavy atom. The van der Waals surface area contributed by atoms with Gasteiger partial charge in [0.2, 0.25) is 0 Å². The molecule has 2 heterocycles. The second-order valence-electron chi connectivity index (χ2n) is 6.52. The van der Waals surface area contributed by atoms with Gasteiger partial charge < -0.3 is 15.3 Å². The number of carboxylic acid groups (broad SMARTS) is 1. The monoisotopic (exact) mass is 325 g/mol. The van der Waals surface area contributed by atoms with Crippen LogP contribution in [0.5, 0.6) is 0 Å². The number of nitrogens with one attached hydrogen (secondary N) is 1. The molecule has 0 saturated carbocycles. The summed E-state index contributed by atoms with van der Waals surface area (Å²) in [6, 6.07) is -0.327. The fourth-order valence-electron chi connectivity index (χ4n) is 3.30. The highest BCUT2D eigenvalue weighted by Gasteiger charge is 2.51. The molecule has 0 unspecified atom stereocenters. The van der Waals surface area contributed by atoms with Gasteiger partial charge in [-0.2, -0.15) is 0 Å². The number of unbranched alkanes of at least 4 members (excludes halogenated alkanes) is 2. The van der Waals surface area contributed by atoms with Crippen molar-refractivity contribution in [1.82, 2.24) is 15.1 Å². The maximum atomic E-state index is 12.6. The number of piperidine rings is 1. The largest absolute Gasteiger partial charge is 0.481 e. The fraction of sp³-hybridized carbons (Fsp3) is 0.812. The van der Waals surface area contributed by atoms with E-state index in [1.165, 1.54) is 4.90 Å². The van der Waals surface area contributed by atoms with E-state index in [1.54, 1.807) is 0 Å². The van der Waals surface area contributed by atoms with E-state index in [0.29, 0.717) is 32.2 Å². The van der Waals surface area contributed by atoms with E-state index in [2.05, 4.69) is 17.1 Å². The van der Waals surface area contributed by atoms with E-state index in [-0.39, 0.29) is 18.4 Å². The number of carbonyl (C=O) groups is 3. The molecule has 7 heteroatoms. The van der Waals surface area contributed by atoms with Crippen molar-refractivity contribution in [3.63, 3.8) is 0 Å². The summed E-state index contributed by atoms with van der Waals surface area (Å²) in [4.78, 5) is 38.9. The van der Waals surface area contributed by atoms with E-state index in [4.69, 9.17) is 5.11 Å². The Morgan fingerprint density at radius 3 is 2.48 bits per heavy atom. The predicted octanol–water partition coefficient (Wildman–Crippen LogP) is 1.43. The Morgan fingerprint density at radius 2 is 1.87 bits per heavy atom. The van der Waals surface area contributed by atoms with Crippen molar-refractivity contribution in [2.75, 3.05) is 26.2 Å². The lowest BCUT2D eigenvalue weighted by Gasteiger charge is -2.37. The molecule has 0 aromatic rings. The van der Waals surface area contributed by atoms with Crippen LogP contribution in [0.15, 0.2) is 0 Å². The molecule has 7 nitrogen and oxygen atoms in total. The first-order valence-electron chi connectivity index (χ1n) is 8.57. The number of aliphatic carboxylic acids is 1. The summed E-state index contributed by atoms with van der Waals surface area (Å²) in [6.07, 6.45) is 4.71. The van der Waals surface area contributed by atoms with Crippen LogP contribution in [0, 0.1) is 0 Å². The standard InChI is InChI=1S/C16H27N3O4/c1-2-3-9-18-11-7-16(8-12-18)14(22)19(15(23)17-16)10-5-4-6-13(20)21/h2-12H2,1H3,(H,17,23)(H,20,21). The van der Waals surface area contributed by atoms with Crippen LogP contribution >= 0.6 is 0 Å². The summed E-state index contributed by atoms with van der Waals surface area (Å²) in [5, 5.41) is 11.5. The first-order chi connectivity index (χ1) is 11.0. The molecule has 0 radical (unpaired) electrons. The molecule has 130 valence electrons. The second kappa shape index (κ2) is 7.77. The SMILES string of the molecule is CCCCN1CCC2(CC1)NC(=O)N(CCCCC(=O)O)C2=O. The minimum atomic E-state index is -0.849. The zero-order chi connectivity index (χ0) is 16.9.